The minimum Gasteiger partial charge on any atom is -0.326 e. The number of anilines is 2. The van der Waals surface area contributed by atoms with Crippen LogP contribution in [0.25, 0.3) is 0 Å². The highest BCUT2D eigenvalue weighted by atomic mass is 35.5. The van der Waals surface area contributed by atoms with Gasteiger partial charge in [-0.1, -0.05) is 37.1 Å². The zero-order chi connectivity index (χ0) is 18.5. The van der Waals surface area contributed by atoms with Crippen LogP contribution in [0.3, 0.4) is 0 Å². The van der Waals surface area contributed by atoms with Gasteiger partial charge in [0.15, 0.2) is 0 Å². The second-order valence-corrected chi connectivity index (χ2v) is 7.03. The molecule has 0 unspecified atom stereocenters. The molecule has 1 heterocycles. The summed E-state index contributed by atoms with van der Waals surface area (Å²) in [7, 11) is 0. The molecule has 3 rings (SSSR count). The predicted octanol–water partition coefficient (Wildman–Crippen LogP) is 4.60. The van der Waals surface area contributed by atoms with Crippen molar-refractivity contribution in [3.63, 3.8) is 0 Å². The summed E-state index contributed by atoms with van der Waals surface area (Å²) >= 11 is 5.87. The molecule has 2 aromatic carbocycles. The average molecular weight is 371 g/mol. The van der Waals surface area contributed by atoms with Gasteiger partial charge < -0.3 is 10.2 Å². The number of aryl methyl sites for hydroxylation is 1. The van der Waals surface area contributed by atoms with Crippen molar-refractivity contribution < 1.29 is 9.59 Å². The topological polar surface area (TPSA) is 49.4 Å². The quantitative estimate of drug-likeness (QED) is 0.807. The Kier molecular flexibility index (Phi) is 5.94. The number of hydrogen-bond acceptors (Lipinski definition) is 2. The standard InChI is InChI=1S/C21H23ClN2O2/c1-2-3-12-24-19-10-9-18(14-16(19)6-11-21(24)26)23-20(25)13-15-4-7-17(22)8-5-15/h4-5,7-10,14H,2-3,6,11-13H2,1H3,(H,23,25). The van der Waals surface area contributed by atoms with Crippen LogP contribution >= 0.6 is 11.6 Å². The van der Waals surface area contributed by atoms with Gasteiger partial charge in [0.25, 0.3) is 0 Å². The van der Waals surface area contributed by atoms with E-state index >= 15 is 0 Å². The number of rotatable bonds is 6. The molecule has 0 atom stereocenters. The fourth-order valence-electron chi connectivity index (χ4n) is 3.19. The Morgan fingerprint density at radius 1 is 1.15 bits per heavy atom. The summed E-state index contributed by atoms with van der Waals surface area (Å²) in [6.45, 7) is 2.87. The molecule has 2 amide bonds. The van der Waals surface area contributed by atoms with Crippen LogP contribution in [0.5, 0.6) is 0 Å². The highest BCUT2D eigenvalue weighted by molar-refractivity contribution is 6.30. The summed E-state index contributed by atoms with van der Waals surface area (Å²) in [5, 5.41) is 3.61. The number of unbranched alkanes of at least 4 members (excludes halogenated alkanes) is 1. The van der Waals surface area contributed by atoms with Gasteiger partial charge in [0.1, 0.15) is 0 Å². The molecule has 0 saturated carbocycles. The molecule has 1 aliphatic rings. The molecule has 0 spiro atoms. The van der Waals surface area contributed by atoms with E-state index in [1.165, 1.54) is 0 Å². The van der Waals surface area contributed by atoms with Crippen LogP contribution < -0.4 is 10.2 Å². The monoisotopic (exact) mass is 370 g/mol. The van der Waals surface area contributed by atoms with Crippen molar-refractivity contribution in [1.29, 1.82) is 0 Å². The van der Waals surface area contributed by atoms with E-state index < -0.39 is 0 Å². The fraction of sp³-hybridized carbons (Fsp3) is 0.333. The summed E-state index contributed by atoms with van der Waals surface area (Å²) in [5.41, 5.74) is 3.78. The van der Waals surface area contributed by atoms with Crippen molar-refractivity contribution in [2.75, 3.05) is 16.8 Å². The van der Waals surface area contributed by atoms with E-state index in [0.29, 0.717) is 17.9 Å². The number of nitrogens with one attached hydrogen (secondary N) is 1. The molecule has 0 saturated heterocycles. The summed E-state index contributed by atoms with van der Waals surface area (Å²) in [6, 6.07) is 13.1. The maximum atomic E-state index is 12.3. The molecule has 4 nitrogen and oxygen atoms in total. The highest BCUT2D eigenvalue weighted by Crippen LogP contribution is 2.30. The van der Waals surface area contributed by atoms with Crippen LogP contribution in [-0.4, -0.2) is 18.4 Å². The number of hydrogen-bond donors (Lipinski definition) is 1. The maximum Gasteiger partial charge on any atom is 0.228 e. The Hall–Kier alpha value is -2.33. The number of amides is 2. The van der Waals surface area contributed by atoms with Gasteiger partial charge in [0, 0.05) is 29.4 Å². The Morgan fingerprint density at radius 3 is 2.65 bits per heavy atom. The van der Waals surface area contributed by atoms with E-state index in [-0.39, 0.29) is 11.8 Å². The first kappa shape index (κ1) is 18.5. The third kappa shape index (κ3) is 4.44. The number of carbonyl (C=O) groups excluding carboxylic acids is 2. The number of benzene rings is 2. The van der Waals surface area contributed by atoms with Gasteiger partial charge in [-0.3, -0.25) is 9.59 Å². The van der Waals surface area contributed by atoms with Gasteiger partial charge in [-0.05, 0) is 54.3 Å². The molecule has 0 radical (unpaired) electrons. The number of fused-ring (bicyclic) bond motifs is 1. The maximum absolute atomic E-state index is 12.3. The average Bonchev–Trinajstić information content (AvgIpc) is 2.63. The summed E-state index contributed by atoms with van der Waals surface area (Å²) in [5.74, 6) is 0.118. The van der Waals surface area contributed by atoms with Gasteiger partial charge in [0.05, 0.1) is 6.42 Å². The van der Waals surface area contributed by atoms with Crippen molar-refractivity contribution in [2.45, 2.75) is 39.0 Å². The molecule has 0 aliphatic carbocycles. The van der Waals surface area contributed by atoms with E-state index in [2.05, 4.69) is 12.2 Å². The van der Waals surface area contributed by atoms with Gasteiger partial charge in [0.2, 0.25) is 11.8 Å². The van der Waals surface area contributed by atoms with Crippen LogP contribution in [0.4, 0.5) is 11.4 Å². The highest BCUT2D eigenvalue weighted by Gasteiger charge is 2.23. The van der Waals surface area contributed by atoms with Crippen LogP contribution in [0.15, 0.2) is 42.5 Å². The van der Waals surface area contributed by atoms with Gasteiger partial charge in [-0.25, -0.2) is 0 Å². The minimum atomic E-state index is -0.0676. The number of nitrogens with zero attached hydrogens (tertiary/aromatic N) is 1. The van der Waals surface area contributed by atoms with E-state index in [4.69, 9.17) is 11.6 Å². The van der Waals surface area contributed by atoms with Crippen molar-refractivity contribution in [3.8, 4) is 0 Å². The molecule has 5 heteroatoms. The Balaban J connectivity index is 1.69. The van der Waals surface area contributed by atoms with Gasteiger partial charge in [-0.2, -0.15) is 0 Å². The lowest BCUT2D eigenvalue weighted by atomic mass is 10.00. The van der Waals surface area contributed by atoms with Crippen molar-refractivity contribution in [1.82, 2.24) is 0 Å². The van der Waals surface area contributed by atoms with E-state index in [1.807, 2.05) is 35.2 Å². The molecule has 1 aliphatic heterocycles. The first-order valence-corrected chi connectivity index (χ1v) is 9.42. The van der Waals surface area contributed by atoms with Crippen molar-refractivity contribution in [3.05, 3.63) is 58.6 Å². The van der Waals surface area contributed by atoms with E-state index in [0.717, 1.165) is 48.3 Å². The minimum absolute atomic E-state index is 0.0676. The van der Waals surface area contributed by atoms with Crippen LogP contribution in [0, 0.1) is 0 Å². The summed E-state index contributed by atoms with van der Waals surface area (Å²) < 4.78 is 0. The Morgan fingerprint density at radius 2 is 1.92 bits per heavy atom. The second kappa shape index (κ2) is 8.37. The molecule has 1 N–H and O–H groups in total. The van der Waals surface area contributed by atoms with Gasteiger partial charge in [-0.15, -0.1) is 0 Å². The van der Waals surface area contributed by atoms with Crippen molar-refractivity contribution in [2.24, 2.45) is 0 Å². The third-order valence-corrected chi connectivity index (χ3v) is 4.83. The zero-order valence-electron chi connectivity index (χ0n) is 14.9. The lowest BCUT2D eigenvalue weighted by Gasteiger charge is -2.29. The Labute approximate surface area is 159 Å². The first-order chi connectivity index (χ1) is 12.6. The number of carbonyl (C=O) groups is 2. The van der Waals surface area contributed by atoms with Gasteiger partial charge >= 0.3 is 0 Å². The molecule has 0 fully saturated rings. The molecule has 0 aromatic heterocycles. The van der Waals surface area contributed by atoms with E-state index in [9.17, 15) is 9.59 Å². The second-order valence-electron chi connectivity index (χ2n) is 6.59. The molecular weight excluding hydrogens is 348 g/mol. The smallest absolute Gasteiger partial charge is 0.228 e. The lowest BCUT2D eigenvalue weighted by Crippen LogP contribution is -2.35. The molecular formula is C21H23ClN2O2. The first-order valence-electron chi connectivity index (χ1n) is 9.04. The van der Waals surface area contributed by atoms with E-state index in [1.54, 1.807) is 12.1 Å². The van der Waals surface area contributed by atoms with Crippen LogP contribution in [0.1, 0.15) is 37.3 Å². The summed E-state index contributed by atoms with van der Waals surface area (Å²) in [6.07, 6.45) is 3.59. The molecule has 136 valence electrons. The molecule has 0 bridgehead atoms. The molecule has 2 aromatic rings. The number of halogens is 1. The largest absolute Gasteiger partial charge is 0.326 e. The fourth-order valence-corrected chi connectivity index (χ4v) is 3.32. The normalized spacial score (nSPS) is 13.5. The lowest BCUT2D eigenvalue weighted by molar-refractivity contribution is -0.119. The zero-order valence-corrected chi connectivity index (χ0v) is 15.7. The summed E-state index contributed by atoms with van der Waals surface area (Å²) in [4.78, 5) is 26.4. The van der Waals surface area contributed by atoms with Crippen LogP contribution in [0.2, 0.25) is 5.02 Å². The van der Waals surface area contributed by atoms with Crippen LogP contribution in [-0.2, 0) is 22.4 Å². The van der Waals surface area contributed by atoms with Crippen molar-refractivity contribution >= 4 is 34.8 Å². The Bertz CT molecular complexity index is 802. The molecule has 26 heavy (non-hydrogen) atoms. The predicted molar refractivity (Wildman–Crippen MR) is 106 cm³/mol. The third-order valence-electron chi connectivity index (χ3n) is 4.58. The SMILES string of the molecule is CCCCN1C(=O)CCc2cc(NC(=O)Cc3ccc(Cl)cc3)ccc21.